The number of benzene rings is 3. The molecule has 3 unspecified atom stereocenters. The highest BCUT2D eigenvalue weighted by Crippen LogP contribution is 2.32. The van der Waals surface area contributed by atoms with Gasteiger partial charge in [-0.3, -0.25) is 9.69 Å². The molecule has 4 heterocycles. The standard InChI is InChI=1S/C41H50F2N4O6/c42-30-21-29(22-31(43)24-30)39(46-41(51)53-37-26-47-18-15-27(37)16-19-47)28-9-8-10-32(23-28)52-20-7-5-3-1-2-4-6-17-44-25-36(49)33-11-13-35(48)40-34(33)12-14-38(50)45-40/h8-14,21-24,27,36-37,39,44,48-49H,1-7,15-20,25-26H2,(H,45,50)(H,46,51). The van der Waals surface area contributed by atoms with E-state index in [1.165, 1.54) is 24.3 Å². The molecule has 3 saturated heterocycles. The van der Waals surface area contributed by atoms with E-state index >= 15 is 0 Å². The predicted octanol–water partition coefficient (Wildman–Crippen LogP) is 6.85. The van der Waals surface area contributed by atoms with Gasteiger partial charge in [-0.1, -0.05) is 50.3 Å². The maximum Gasteiger partial charge on any atom is 0.408 e. The lowest BCUT2D eigenvalue weighted by molar-refractivity contribution is -0.0336. The van der Waals surface area contributed by atoms with Crippen molar-refractivity contribution in [1.29, 1.82) is 0 Å². The fraction of sp³-hybridized carbons (Fsp3) is 0.463. The summed E-state index contributed by atoms with van der Waals surface area (Å²) in [7, 11) is 0. The van der Waals surface area contributed by atoms with E-state index in [4.69, 9.17) is 9.47 Å². The number of piperidine rings is 3. The Bertz CT molecular complexity index is 1860. The number of ether oxygens (including phenoxy) is 2. The number of rotatable bonds is 18. The van der Waals surface area contributed by atoms with Crippen LogP contribution in [-0.2, 0) is 4.74 Å². The largest absolute Gasteiger partial charge is 0.506 e. The number of aliphatic hydroxyl groups excluding tert-OH is 1. The number of carbonyl (C=O) groups is 1. The van der Waals surface area contributed by atoms with Gasteiger partial charge in [-0.05, 0) is 104 Å². The van der Waals surface area contributed by atoms with Gasteiger partial charge in [0, 0.05) is 30.6 Å². The number of hydrogen-bond acceptors (Lipinski definition) is 8. The number of aromatic hydroxyl groups is 1. The molecule has 0 aliphatic carbocycles. The Labute approximate surface area is 308 Å². The summed E-state index contributed by atoms with van der Waals surface area (Å²) >= 11 is 0. The van der Waals surface area contributed by atoms with Gasteiger partial charge in [0.1, 0.15) is 29.2 Å². The lowest BCUT2D eigenvalue weighted by atomic mass is 9.86. The molecule has 1 amide bonds. The molecule has 0 radical (unpaired) electrons. The minimum absolute atomic E-state index is 0.0280. The van der Waals surface area contributed by atoms with Gasteiger partial charge in [0.25, 0.3) is 0 Å². The molecule has 10 nitrogen and oxygen atoms in total. The minimum Gasteiger partial charge on any atom is -0.506 e. The molecule has 12 heteroatoms. The smallest absolute Gasteiger partial charge is 0.408 e. The molecule has 4 aromatic rings. The number of phenols is 1. The van der Waals surface area contributed by atoms with Crippen molar-refractivity contribution in [3.63, 3.8) is 0 Å². The van der Waals surface area contributed by atoms with Crippen LogP contribution in [0.1, 0.15) is 86.6 Å². The van der Waals surface area contributed by atoms with Crippen LogP contribution in [0.2, 0.25) is 0 Å². The number of carbonyl (C=O) groups excluding carboxylic acids is 1. The van der Waals surface area contributed by atoms with Crippen molar-refractivity contribution in [3.05, 3.63) is 105 Å². The number of aromatic nitrogens is 1. The number of amides is 1. The van der Waals surface area contributed by atoms with E-state index in [-0.39, 0.29) is 23.0 Å². The molecule has 7 rings (SSSR count). The van der Waals surface area contributed by atoms with Gasteiger partial charge in [-0.25, -0.2) is 13.6 Å². The summed E-state index contributed by atoms with van der Waals surface area (Å²) in [5.74, 6) is -0.529. The third kappa shape index (κ3) is 10.6. The summed E-state index contributed by atoms with van der Waals surface area (Å²) in [6, 6.07) is 15.8. The normalized spacial score (nSPS) is 19.2. The van der Waals surface area contributed by atoms with Gasteiger partial charge < -0.3 is 35.3 Å². The monoisotopic (exact) mass is 732 g/mol. The average Bonchev–Trinajstić information content (AvgIpc) is 3.14. The van der Waals surface area contributed by atoms with Crippen molar-refractivity contribution in [2.45, 2.75) is 76.0 Å². The first-order chi connectivity index (χ1) is 25.7. The maximum absolute atomic E-state index is 14.3. The molecular weight excluding hydrogens is 682 g/mol. The quantitative estimate of drug-likeness (QED) is 0.0701. The van der Waals surface area contributed by atoms with Gasteiger partial charge in [0.15, 0.2) is 0 Å². The molecule has 3 aromatic carbocycles. The van der Waals surface area contributed by atoms with E-state index in [1.807, 2.05) is 12.1 Å². The molecule has 2 bridgehead atoms. The molecule has 3 atom stereocenters. The van der Waals surface area contributed by atoms with E-state index in [0.717, 1.165) is 83.5 Å². The molecule has 53 heavy (non-hydrogen) atoms. The number of H-pyrrole nitrogens is 1. The average molecular weight is 733 g/mol. The van der Waals surface area contributed by atoms with Gasteiger partial charge in [0.05, 0.1) is 24.3 Å². The maximum atomic E-state index is 14.3. The van der Waals surface area contributed by atoms with E-state index < -0.39 is 29.9 Å². The lowest BCUT2D eigenvalue weighted by Crippen LogP contribution is -2.52. The second-order valence-electron chi connectivity index (χ2n) is 14.3. The number of nitrogens with zero attached hydrogens (tertiary/aromatic N) is 1. The Balaban J connectivity index is 0.887. The highest BCUT2D eigenvalue weighted by atomic mass is 19.1. The Morgan fingerprint density at radius 3 is 2.38 bits per heavy atom. The second-order valence-corrected chi connectivity index (χ2v) is 14.3. The molecule has 3 aliphatic heterocycles. The van der Waals surface area contributed by atoms with Crippen LogP contribution in [0, 0.1) is 17.6 Å². The number of aliphatic hydroxyl groups is 1. The van der Waals surface area contributed by atoms with Crippen molar-refractivity contribution in [1.82, 2.24) is 20.5 Å². The Morgan fingerprint density at radius 1 is 0.906 bits per heavy atom. The zero-order valence-electron chi connectivity index (χ0n) is 30.0. The number of fused-ring (bicyclic) bond motifs is 4. The summed E-state index contributed by atoms with van der Waals surface area (Å²) in [6.45, 7) is 4.42. The molecule has 0 saturated carbocycles. The third-order valence-corrected chi connectivity index (χ3v) is 10.4. The first kappa shape index (κ1) is 38.2. The fourth-order valence-corrected chi connectivity index (χ4v) is 7.54. The van der Waals surface area contributed by atoms with E-state index in [9.17, 15) is 28.6 Å². The lowest BCUT2D eigenvalue weighted by Gasteiger charge is -2.43. The van der Waals surface area contributed by atoms with Crippen molar-refractivity contribution >= 4 is 17.0 Å². The highest BCUT2D eigenvalue weighted by Gasteiger charge is 2.37. The van der Waals surface area contributed by atoms with Gasteiger partial charge >= 0.3 is 6.09 Å². The van der Waals surface area contributed by atoms with Crippen LogP contribution in [0.25, 0.3) is 10.9 Å². The van der Waals surface area contributed by atoms with E-state index in [2.05, 4.69) is 20.5 Å². The molecule has 3 aliphatic rings. The van der Waals surface area contributed by atoms with Crippen LogP contribution >= 0.6 is 0 Å². The second kappa shape index (κ2) is 18.5. The van der Waals surface area contributed by atoms with Crippen LogP contribution in [0.15, 0.2) is 71.5 Å². The van der Waals surface area contributed by atoms with E-state index in [0.29, 0.717) is 53.4 Å². The molecule has 5 N–H and O–H groups in total. The fourth-order valence-electron chi connectivity index (χ4n) is 7.54. The number of phenolic OH excluding ortho intramolecular Hbond substituents is 1. The Hall–Kier alpha value is -4.52. The van der Waals surface area contributed by atoms with Crippen LogP contribution in [0.4, 0.5) is 13.6 Å². The van der Waals surface area contributed by atoms with Crippen molar-refractivity contribution in [3.8, 4) is 11.5 Å². The highest BCUT2D eigenvalue weighted by molar-refractivity contribution is 5.87. The zero-order valence-corrected chi connectivity index (χ0v) is 30.0. The Kier molecular flexibility index (Phi) is 13.3. The number of unbranched alkanes of at least 4 members (excludes halogenated alkanes) is 6. The first-order valence-electron chi connectivity index (χ1n) is 18.9. The number of pyridine rings is 1. The Morgan fingerprint density at radius 2 is 1.64 bits per heavy atom. The number of nitrogens with one attached hydrogen (secondary N) is 3. The topological polar surface area (TPSA) is 136 Å². The summed E-state index contributed by atoms with van der Waals surface area (Å²) in [5, 5.41) is 27.6. The molecule has 284 valence electrons. The molecular formula is C41H50F2N4O6. The summed E-state index contributed by atoms with van der Waals surface area (Å²) in [5.41, 5.74) is 1.58. The van der Waals surface area contributed by atoms with Gasteiger partial charge in [-0.15, -0.1) is 0 Å². The first-order valence-corrected chi connectivity index (χ1v) is 18.9. The van der Waals surface area contributed by atoms with Gasteiger partial charge in [-0.2, -0.15) is 0 Å². The van der Waals surface area contributed by atoms with Crippen LogP contribution < -0.4 is 20.9 Å². The van der Waals surface area contributed by atoms with Crippen molar-refractivity contribution < 1.29 is 33.3 Å². The van der Waals surface area contributed by atoms with Crippen LogP contribution in [0.5, 0.6) is 11.5 Å². The third-order valence-electron chi connectivity index (χ3n) is 10.4. The van der Waals surface area contributed by atoms with Crippen molar-refractivity contribution in [2.24, 2.45) is 5.92 Å². The summed E-state index contributed by atoms with van der Waals surface area (Å²) in [6.07, 6.45) is 7.70. The zero-order chi connectivity index (χ0) is 37.2. The van der Waals surface area contributed by atoms with Gasteiger partial charge in [0.2, 0.25) is 5.56 Å². The van der Waals surface area contributed by atoms with Crippen molar-refractivity contribution in [2.75, 3.05) is 39.3 Å². The SMILES string of the molecule is O=C(NC(c1cc(F)cc(F)c1)c1cccc(OCCCCCCCCCNCC(O)c2ccc(O)c3[nH]c(=O)ccc23)c1)OC1CN2CCC1CC2. The molecule has 1 aromatic heterocycles. The summed E-state index contributed by atoms with van der Waals surface area (Å²) < 4.78 is 40.4. The van der Waals surface area contributed by atoms with E-state index in [1.54, 1.807) is 24.3 Å². The number of alkyl carbamates (subject to hydrolysis) is 1. The molecule has 0 spiro atoms. The minimum atomic E-state index is -0.829. The van der Waals surface area contributed by atoms with Crippen LogP contribution in [-0.4, -0.2) is 71.6 Å². The molecule has 3 fully saturated rings. The van der Waals surface area contributed by atoms with Crippen LogP contribution in [0.3, 0.4) is 0 Å². The number of aromatic amines is 1. The number of hydrogen-bond donors (Lipinski definition) is 5. The predicted molar refractivity (Wildman–Crippen MR) is 199 cm³/mol. The summed E-state index contributed by atoms with van der Waals surface area (Å²) in [4.78, 5) is 29.7. The number of halogens is 2.